The van der Waals surface area contributed by atoms with Crippen molar-refractivity contribution in [1.29, 1.82) is 0 Å². The zero-order valence-corrected chi connectivity index (χ0v) is 9.86. The summed E-state index contributed by atoms with van der Waals surface area (Å²) in [6.07, 6.45) is 2.89. The van der Waals surface area contributed by atoms with Gasteiger partial charge in [0.1, 0.15) is 0 Å². The average molecular weight is 211 g/mol. The van der Waals surface area contributed by atoms with Crippen molar-refractivity contribution < 1.29 is 4.74 Å². The van der Waals surface area contributed by atoms with Gasteiger partial charge in [0, 0.05) is 26.8 Å². The van der Waals surface area contributed by atoms with Crippen LogP contribution >= 0.6 is 0 Å². The molecule has 4 heteroatoms. The third-order valence-electron chi connectivity index (χ3n) is 2.57. The van der Waals surface area contributed by atoms with Crippen LogP contribution in [0.1, 0.15) is 37.2 Å². The van der Waals surface area contributed by atoms with E-state index in [-0.39, 0.29) is 6.04 Å². The molecule has 1 atom stereocenters. The Bertz CT molecular complexity index is 296. The molecule has 1 unspecified atom stereocenters. The molecule has 0 aliphatic heterocycles. The van der Waals surface area contributed by atoms with Crippen LogP contribution in [0.2, 0.25) is 0 Å². The predicted octanol–water partition coefficient (Wildman–Crippen LogP) is 1.41. The first-order valence-corrected chi connectivity index (χ1v) is 5.46. The number of aryl methyl sites for hydroxylation is 2. The maximum atomic E-state index is 6.09. The van der Waals surface area contributed by atoms with Gasteiger partial charge in [-0.2, -0.15) is 5.10 Å². The van der Waals surface area contributed by atoms with Gasteiger partial charge in [0.25, 0.3) is 0 Å². The molecule has 1 aromatic rings. The van der Waals surface area contributed by atoms with Crippen LogP contribution in [0.15, 0.2) is 6.07 Å². The van der Waals surface area contributed by atoms with Crippen LogP contribution in [-0.4, -0.2) is 23.5 Å². The highest BCUT2D eigenvalue weighted by atomic mass is 16.5. The van der Waals surface area contributed by atoms with Gasteiger partial charge in [0.2, 0.25) is 0 Å². The van der Waals surface area contributed by atoms with Gasteiger partial charge < -0.3 is 10.5 Å². The zero-order chi connectivity index (χ0) is 11.3. The van der Waals surface area contributed by atoms with Crippen molar-refractivity contribution in [1.82, 2.24) is 9.78 Å². The van der Waals surface area contributed by atoms with Crippen LogP contribution in [0.3, 0.4) is 0 Å². The second kappa shape index (κ2) is 5.88. The zero-order valence-electron chi connectivity index (χ0n) is 9.86. The Balaban J connectivity index is 2.56. The lowest BCUT2D eigenvalue weighted by atomic mass is 10.1. The summed E-state index contributed by atoms with van der Waals surface area (Å²) in [5, 5.41) is 4.38. The second-order valence-electron chi connectivity index (χ2n) is 3.78. The summed E-state index contributed by atoms with van der Waals surface area (Å²) in [6.45, 7) is 2.87. The van der Waals surface area contributed by atoms with Crippen LogP contribution < -0.4 is 5.73 Å². The topological polar surface area (TPSA) is 53.1 Å². The number of aromatic nitrogens is 2. The number of hydrogen-bond acceptors (Lipinski definition) is 3. The number of nitrogens with two attached hydrogens (primary N) is 1. The van der Waals surface area contributed by atoms with Crippen molar-refractivity contribution in [3.05, 3.63) is 17.5 Å². The van der Waals surface area contributed by atoms with Gasteiger partial charge in [0.05, 0.1) is 11.4 Å². The van der Waals surface area contributed by atoms with Crippen LogP contribution in [0.25, 0.3) is 0 Å². The van der Waals surface area contributed by atoms with Crippen molar-refractivity contribution in [3.8, 4) is 0 Å². The Labute approximate surface area is 91.4 Å². The van der Waals surface area contributed by atoms with Crippen molar-refractivity contribution in [2.24, 2.45) is 12.8 Å². The molecule has 2 N–H and O–H groups in total. The molecule has 0 amide bonds. The van der Waals surface area contributed by atoms with Gasteiger partial charge in [-0.1, -0.05) is 6.92 Å². The van der Waals surface area contributed by atoms with Gasteiger partial charge in [0.15, 0.2) is 0 Å². The molecule has 0 spiro atoms. The summed E-state index contributed by atoms with van der Waals surface area (Å²) >= 11 is 0. The van der Waals surface area contributed by atoms with E-state index in [1.165, 1.54) is 0 Å². The molecule has 1 aromatic heterocycles. The molecule has 0 aromatic carbocycles. The van der Waals surface area contributed by atoms with Gasteiger partial charge >= 0.3 is 0 Å². The quantitative estimate of drug-likeness (QED) is 0.724. The fourth-order valence-electron chi connectivity index (χ4n) is 1.66. The SMILES string of the molecule is CCc1cc(C(N)CCCOC)n(C)n1. The molecule has 0 aliphatic carbocycles. The normalized spacial score (nSPS) is 13.1. The molecule has 0 saturated carbocycles. The van der Waals surface area contributed by atoms with E-state index in [9.17, 15) is 0 Å². The standard InChI is InChI=1S/C11H21N3O/c1-4-9-8-11(14(2)13-9)10(12)6-5-7-15-3/h8,10H,4-7,12H2,1-3H3. The first-order valence-electron chi connectivity index (χ1n) is 5.46. The van der Waals surface area contributed by atoms with Crippen LogP contribution in [0.4, 0.5) is 0 Å². The molecule has 1 rings (SSSR count). The van der Waals surface area contributed by atoms with Crippen molar-refractivity contribution >= 4 is 0 Å². The highest BCUT2D eigenvalue weighted by molar-refractivity contribution is 5.13. The molecule has 4 nitrogen and oxygen atoms in total. The van der Waals surface area contributed by atoms with Gasteiger partial charge in [-0.25, -0.2) is 0 Å². The Morgan fingerprint density at radius 1 is 1.60 bits per heavy atom. The lowest BCUT2D eigenvalue weighted by Crippen LogP contribution is -2.15. The fourth-order valence-corrected chi connectivity index (χ4v) is 1.66. The van der Waals surface area contributed by atoms with Gasteiger partial charge in [-0.3, -0.25) is 4.68 Å². The van der Waals surface area contributed by atoms with Crippen LogP contribution in [-0.2, 0) is 18.2 Å². The van der Waals surface area contributed by atoms with E-state index in [1.807, 2.05) is 11.7 Å². The molecule has 0 fully saturated rings. The lowest BCUT2D eigenvalue weighted by molar-refractivity contribution is 0.190. The number of nitrogens with zero attached hydrogens (tertiary/aromatic N) is 2. The maximum Gasteiger partial charge on any atom is 0.0625 e. The highest BCUT2D eigenvalue weighted by Crippen LogP contribution is 2.16. The van der Waals surface area contributed by atoms with E-state index in [4.69, 9.17) is 10.5 Å². The maximum absolute atomic E-state index is 6.09. The summed E-state index contributed by atoms with van der Waals surface area (Å²) in [7, 11) is 3.66. The minimum Gasteiger partial charge on any atom is -0.385 e. The molecule has 1 heterocycles. The smallest absolute Gasteiger partial charge is 0.0625 e. The first kappa shape index (κ1) is 12.2. The van der Waals surface area contributed by atoms with E-state index in [2.05, 4.69) is 18.1 Å². The second-order valence-corrected chi connectivity index (χ2v) is 3.78. The molecular weight excluding hydrogens is 190 g/mol. The molecule has 0 aliphatic rings. The Kier molecular flexibility index (Phi) is 4.78. The third-order valence-corrected chi connectivity index (χ3v) is 2.57. The van der Waals surface area contributed by atoms with Crippen molar-refractivity contribution in [2.75, 3.05) is 13.7 Å². The summed E-state index contributed by atoms with van der Waals surface area (Å²) < 4.78 is 6.89. The Hall–Kier alpha value is -0.870. The summed E-state index contributed by atoms with van der Waals surface area (Å²) in [6, 6.07) is 2.16. The van der Waals surface area contributed by atoms with Crippen LogP contribution in [0.5, 0.6) is 0 Å². The van der Waals surface area contributed by atoms with Crippen molar-refractivity contribution in [3.63, 3.8) is 0 Å². The molecule has 86 valence electrons. The Morgan fingerprint density at radius 3 is 2.87 bits per heavy atom. The molecule has 0 saturated heterocycles. The van der Waals surface area contributed by atoms with Crippen molar-refractivity contribution in [2.45, 2.75) is 32.2 Å². The van der Waals surface area contributed by atoms with E-state index >= 15 is 0 Å². The fraction of sp³-hybridized carbons (Fsp3) is 0.727. The largest absolute Gasteiger partial charge is 0.385 e. The minimum absolute atomic E-state index is 0.0675. The minimum atomic E-state index is 0.0675. The average Bonchev–Trinajstić information content (AvgIpc) is 2.60. The monoisotopic (exact) mass is 211 g/mol. The van der Waals surface area contributed by atoms with E-state index < -0.39 is 0 Å². The molecule has 15 heavy (non-hydrogen) atoms. The van der Waals surface area contributed by atoms with E-state index in [1.54, 1.807) is 7.11 Å². The predicted molar refractivity (Wildman–Crippen MR) is 60.6 cm³/mol. The first-order chi connectivity index (χ1) is 7.19. The molecule has 0 bridgehead atoms. The van der Waals surface area contributed by atoms with Gasteiger partial charge in [-0.15, -0.1) is 0 Å². The summed E-state index contributed by atoms with van der Waals surface area (Å²) in [5.41, 5.74) is 8.31. The number of rotatable bonds is 6. The lowest BCUT2D eigenvalue weighted by Gasteiger charge is -2.11. The Morgan fingerprint density at radius 2 is 2.33 bits per heavy atom. The molecular formula is C11H21N3O. The highest BCUT2D eigenvalue weighted by Gasteiger charge is 2.11. The van der Waals surface area contributed by atoms with E-state index in [0.29, 0.717) is 0 Å². The number of ether oxygens (including phenoxy) is 1. The third kappa shape index (κ3) is 3.32. The summed E-state index contributed by atoms with van der Waals surface area (Å²) in [5.74, 6) is 0. The molecule has 0 radical (unpaired) electrons. The van der Waals surface area contributed by atoms with E-state index in [0.717, 1.165) is 37.3 Å². The van der Waals surface area contributed by atoms with Gasteiger partial charge in [-0.05, 0) is 25.3 Å². The number of hydrogen-bond donors (Lipinski definition) is 1. The summed E-state index contributed by atoms with van der Waals surface area (Å²) in [4.78, 5) is 0. The van der Waals surface area contributed by atoms with Crippen LogP contribution in [0, 0.1) is 0 Å². The number of methoxy groups -OCH3 is 1.